The molecule has 5 rings (SSSR count). The fourth-order valence-electron chi connectivity index (χ4n) is 4.02. The van der Waals surface area contributed by atoms with Crippen LogP contribution in [-0.2, 0) is 4.74 Å². The second kappa shape index (κ2) is 8.67. The van der Waals surface area contributed by atoms with Gasteiger partial charge in [0.1, 0.15) is 0 Å². The van der Waals surface area contributed by atoms with Crippen molar-refractivity contribution in [2.24, 2.45) is 0 Å². The lowest BCUT2D eigenvalue weighted by molar-refractivity contribution is 0.0601. The van der Waals surface area contributed by atoms with E-state index in [-0.39, 0.29) is 5.97 Å². The van der Waals surface area contributed by atoms with Crippen LogP contribution in [0.2, 0.25) is 0 Å². The molecule has 1 aromatic heterocycles. The summed E-state index contributed by atoms with van der Waals surface area (Å²) in [7, 11) is 1.39. The van der Waals surface area contributed by atoms with Crippen molar-refractivity contribution in [3.8, 4) is 33.5 Å². The molecule has 0 spiro atoms. The molecule has 0 saturated heterocycles. The van der Waals surface area contributed by atoms with E-state index in [9.17, 15) is 4.79 Å². The highest BCUT2D eigenvalue weighted by atomic mass is 16.5. The van der Waals surface area contributed by atoms with Gasteiger partial charge in [0.05, 0.1) is 35.6 Å². The predicted molar refractivity (Wildman–Crippen MR) is 132 cm³/mol. The van der Waals surface area contributed by atoms with Crippen LogP contribution in [0.1, 0.15) is 15.9 Å². The standard InChI is InChI=1S/C29H22N2O2/c1-19-7-5-8-20(15-19)21-9-6-10-23(16-21)28-18-30-27-17-22(13-14-26(27)31-28)24-11-3-4-12-25(24)29(32)33-2/h3-18H,1-2H3. The van der Waals surface area contributed by atoms with Crippen molar-refractivity contribution in [1.29, 1.82) is 0 Å². The van der Waals surface area contributed by atoms with Gasteiger partial charge in [0.15, 0.2) is 0 Å². The first-order chi connectivity index (χ1) is 16.1. The van der Waals surface area contributed by atoms with E-state index >= 15 is 0 Å². The largest absolute Gasteiger partial charge is 0.465 e. The number of fused-ring (bicyclic) bond motifs is 1. The fraction of sp³-hybridized carbons (Fsp3) is 0.0690. The molecule has 4 heteroatoms. The van der Waals surface area contributed by atoms with Gasteiger partial charge in [-0.25, -0.2) is 9.78 Å². The van der Waals surface area contributed by atoms with Crippen LogP contribution in [0.15, 0.2) is 97.2 Å². The SMILES string of the molecule is COC(=O)c1ccccc1-c1ccc2nc(-c3cccc(-c4cccc(C)c4)c3)cnc2c1. The number of hydrogen-bond donors (Lipinski definition) is 0. The zero-order valence-electron chi connectivity index (χ0n) is 18.4. The summed E-state index contributed by atoms with van der Waals surface area (Å²) in [6.07, 6.45) is 1.80. The van der Waals surface area contributed by atoms with E-state index in [0.29, 0.717) is 5.56 Å². The van der Waals surface area contributed by atoms with E-state index in [1.807, 2.05) is 42.5 Å². The Labute approximate surface area is 192 Å². The Morgan fingerprint density at radius 1 is 0.727 bits per heavy atom. The van der Waals surface area contributed by atoms with Crippen molar-refractivity contribution in [3.63, 3.8) is 0 Å². The third-order valence-electron chi connectivity index (χ3n) is 5.70. The molecule has 160 valence electrons. The summed E-state index contributed by atoms with van der Waals surface area (Å²) >= 11 is 0. The van der Waals surface area contributed by atoms with E-state index in [1.165, 1.54) is 18.2 Å². The van der Waals surface area contributed by atoms with Gasteiger partial charge in [0, 0.05) is 5.56 Å². The number of rotatable bonds is 4. The van der Waals surface area contributed by atoms with Gasteiger partial charge in [-0.1, -0.05) is 72.3 Å². The van der Waals surface area contributed by atoms with Crippen molar-refractivity contribution in [1.82, 2.24) is 9.97 Å². The lowest BCUT2D eigenvalue weighted by Gasteiger charge is -2.10. The molecule has 5 aromatic rings. The molecule has 4 aromatic carbocycles. The number of hydrogen-bond acceptors (Lipinski definition) is 4. The summed E-state index contributed by atoms with van der Waals surface area (Å²) in [5.74, 6) is -0.361. The van der Waals surface area contributed by atoms with E-state index in [1.54, 1.807) is 12.3 Å². The van der Waals surface area contributed by atoms with Gasteiger partial charge in [-0.2, -0.15) is 0 Å². The molecule has 0 atom stereocenters. The van der Waals surface area contributed by atoms with Crippen LogP contribution in [-0.4, -0.2) is 23.0 Å². The van der Waals surface area contributed by atoms with Crippen LogP contribution in [0.4, 0.5) is 0 Å². The first-order valence-corrected chi connectivity index (χ1v) is 10.7. The summed E-state index contributed by atoms with van der Waals surface area (Å²) in [5, 5.41) is 0. The minimum atomic E-state index is -0.361. The molecule has 0 aliphatic rings. The maximum Gasteiger partial charge on any atom is 0.338 e. The van der Waals surface area contributed by atoms with Crippen LogP contribution in [0.3, 0.4) is 0 Å². The highest BCUT2D eigenvalue weighted by molar-refractivity contribution is 5.98. The second-order valence-corrected chi connectivity index (χ2v) is 7.95. The lowest BCUT2D eigenvalue weighted by atomic mass is 9.99. The molecule has 0 saturated carbocycles. The van der Waals surface area contributed by atoms with Crippen molar-refractivity contribution in [2.75, 3.05) is 7.11 Å². The monoisotopic (exact) mass is 430 g/mol. The Balaban J connectivity index is 1.53. The van der Waals surface area contributed by atoms with Crippen LogP contribution >= 0.6 is 0 Å². The van der Waals surface area contributed by atoms with Gasteiger partial charge < -0.3 is 4.74 Å². The highest BCUT2D eigenvalue weighted by Gasteiger charge is 2.13. The molecule has 0 radical (unpaired) electrons. The molecule has 0 N–H and O–H groups in total. The van der Waals surface area contributed by atoms with Crippen LogP contribution < -0.4 is 0 Å². The van der Waals surface area contributed by atoms with E-state index in [2.05, 4.69) is 54.4 Å². The van der Waals surface area contributed by atoms with Gasteiger partial charge in [-0.05, 0) is 53.4 Å². The zero-order valence-corrected chi connectivity index (χ0v) is 18.4. The number of aromatic nitrogens is 2. The normalized spacial score (nSPS) is 10.8. The average Bonchev–Trinajstić information content (AvgIpc) is 2.87. The van der Waals surface area contributed by atoms with Gasteiger partial charge in [0.2, 0.25) is 0 Å². The molecule has 0 fully saturated rings. The molecule has 0 bridgehead atoms. The summed E-state index contributed by atoms with van der Waals surface area (Å²) in [6.45, 7) is 2.10. The molecule has 1 heterocycles. The molecular weight excluding hydrogens is 408 g/mol. The number of esters is 1. The number of ether oxygens (including phenoxy) is 1. The van der Waals surface area contributed by atoms with Crippen molar-refractivity contribution in [2.45, 2.75) is 6.92 Å². The van der Waals surface area contributed by atoms with Crippen LogP contribution in [0.25, 0.3) is 44.5 Å². The lowest BCUT2D eigenvalue weighted by Crippen LogP contribution is -2.03. The molecule has 0 unspecified atom stereocenters. The molecule has 0 aliphatic heterocycles. The van der Waals surface area contributed by atoms with E-state index < -0.39 is 0 Å². The number of methoxy groups -OCH3 is 1. The van der Waals surface area contributed by atoms with E-state index in [0.717, 1.165) is 39.0 Å². The molecule has 0 aliphatic carbocycles. The average molecular weight is 431 g/mol. The summed E-state index contributed by atoms with van der Waals surface area (Å²) in [5.41, 5.74) is 9.19. The van der Waals surface area contributed by atoms with Crippen LogP contribution in [0, 0.1) is 6.92 Å². The van der Waals surface area contributed by atoms with Crippen molar-refractivity contribution in [3.05, 3.63) is 108 Å². The smallest absolute Gasteiger partial charge is 0.338 e. The predicted octanol–water partition coefficient (Wildman–Crippen LogP) is 6.73. The van der Waals surface area contributed by atoms with Gasteiger partial charge >= 0.3 is 5.97 Å². The zero-order chi connectivity index (χ0) is 22.8. The topological polar surface area (TPSA) is 52.1 Å². The molecule has 0 amide bonds. The first-order valence-electron chi connectivity index (χ1n) is 10.7. The Morgan fingerprint density at radius 3 is 2.30 bits per heavy atom. The Kier molecular flexibility index (Phi) is 5.41. The molecule has 33 heavy (non-hydrogen) atoms. The second-order valence-electron chi connectivity index (χ2n) is 7.95. The highest BCUT2D eigenvalue weighted by Crippen LogP contribution is 2.29. The summed E-state index contributed by atoms with van der Waals surface area (Å²) in [6, 6.07) is 30.1. The third kappa shape index (κ3) is 4.11. The minimum absolute atomic E-state index is 0.361. The number of carbonyl (C=O) groups excluding carboxylic acids is 1. The van der Waals surface area contributed by atoms with Gasteiger partial charge in [-0.3, -0.25) is 4.98 Å². The number of aryl methyl sites for hydroxylation is 1. The third-order valence-corrected chi connectivity index (χ3v) is 5.70. The van der Waals surface area contributed by atoms with Gasteiger partial charge in [-0.15, -0.1) is 0 Å². The summed E-state index contributed by atoms with van der Waals surface area (Å²) in [4.78, 5) is 21.7. The van der Waals surface area contributed by atoms with Crippen LogP contribution in [0.5, 0.6) is 0 Å². The minimum Gasteiger partial charge on any atom is -0.465 e. The number of carbonyl (C=O) groups is 1. The summed E-state index contributed by atoms with van der Waals surface area (Å²) < 4.78 is 4.93. The van der Waals surface area contributed by atoms with Crippen molar-refractivity contribution >= 4 is 17.0 Å². The van der Waals surface area contributed by atoms with Gasteiger partial charge in [0.25, 0.3) is 0 Å². The Morgan fingerprint density at radius 2 is 1.48 bits per heavy atom. The maximum atomic E-state index is 12.2. The quantitative estimate of drug-likeness (QED) is 0.297. The van der Waals surface area contributed by atoms with Crippen molar-refractivity contribution < 1.29 is 9.53 Å². The van der Waals surface area contributed by atoms with E-state index in [4.69, 9.17) is 9.72 Å². The first kappa shape index (κ1) is 20.6. The fourth-order valence-corrected chi connectivity index (χ4v) is 4.02. The molecule has 4 nitrogen and oxygen atoms in total. The Hall–Kier alpha value is -4.31. The Bertz CT molecular complexity index is 1490. The number of benzene rings is 4. The number of nitrogens with zero attached hydrogens (tertiary/aromatic N) is 2. The molecular formula is C29H22N2O2. The maximum absolute atomic E-state index is 12.2.